The van der Waals surface area contributed by atoms with E-state index in [0.29, 0.717) is 0 Å². The lowest BCUT2D eigenvalue weighted by Gasteiger charge is -2.11. The van der Waals surface area contributed by atoms with Crippen LogP contribution in [0, 0.1) is 0 Å². The number of nitrogens with zero attached hydrogens (tertiary/aromatic N) is 2. The summed E-state index contributed by atoms with van der Waals surface area (Å²) in [6.45, 7) is 2.06. The Bertz CT molecular complexity index is 507. The van der Waals surface area contributed by atoms with Crippen LogP contribution in [0.3, 0.4) is 0 Å². The van der Waals surface area contributed by atoms with Crippen LogP contribution in [0.2, 0.25) is 0 Å². The average Bonchev–Trinajstić information content (AvgIpc) is 2.79. The maximum absolute atomic E-state index is 11.2. The van der Waals surface area contributed by atoms with Crippen molar-refractivity contribution < 1.29 is 4.79 Å². The molecule has 88 valence electrons. The second-order valence-electron chi connectivity index (χ2n) is 4.01. The molecule has 0 bridgehead atoms. The van der Waals surface area contributed by atoms with Crippen molar-refractivity contribution in [2.75, 3.05) is 0 Å². The van der Waals surface area contributed by atoms with Gasteiger partial charge in [-0.15, -0.1) is 0 Å². The summed E-state index contributed by atoms with van der Waals surface area (Å²) in [6, 6.07) is 12.0. The first-order valence-electron chi connectivity index (χ1n) is 5.46. The minimum atomic E-state index is -0.565. The smallest absolute Gasteiger partial charge is 0.253 e. The van der Waals surface area contributed by atoms with Crippen LogP contribution < -0.4 is 0 Å². The summed E-state index contributed by atoms with van der Waals surface area (Å²) in [6.07, 6.45) is 2.45. The minimum absolute atomic E-state index is 0.197. The highest BCUT2D eigenvalue weighted by atomic mass is 35.5. The molecule has 0 saturated carbocycles. The zero-order valence-electron chi connectivity index (χ0n) is 9.51. The van der Waals surface area contributed by atoms with Gasteiger partial charge in [0.1, 0.15) is 0 Å². The second kappa shape index (κ2) is 5.15. The lowest BCUT2D eigenvalue weighted by atomic mass is 9.98. The Labute approximate surface area is 105 Å². The van der Waals surface area contributed by atoms with Crippen LogP contribution >= 0.6 is 11.6 Å². The molecule has 1 unspecified atom stereocenters. The Hall–Kier alpha value is -1.61. The molecule has 0 aliphatic heterocycles. The number of aromatic nitrogens is 2. The van der Waals surface area contributed by atoms with Gasteiger partial charge in [0, 0.05) is 12.1 Å². The molecule has 0 aliphatic rings. The van der Waals surface area contributed by atoms with E-state index in [1.807, 2.05) is 24.3 Å². The van der Waals surface area contributed by atoms with Crippen LogP contribution in [0.1, 0.15) is 24.1 Å². The molecule has 1 aromatic carbocycles. The highest BCUT2D eigenvalue weighted by Crippen LogP contribution is 2.20. The number of hydrogen-bond acceptors (Lipinski definition) is 2. The molecule has 2 aromatic rings. The van der Waals surface area contributed by atoms with Crippen molar-refractivity contribution in [1.82, 2.24) is 9.78 Å². The van der Waals surface area contributed by atoms with E-state index in [1.54, 1.807) is 6.20 Å². The molecule has 0 spiro atoms. The predicted octanol–water partition coefficient (Wildman–Crippen LogP) is 3.44. The molecule has 0 N–H and O–H groups in total. The first-order chi connectivity index (χ1) is 8.18. The number of hydrogen-bond donors (Lipinski definition) is 0. The summed E-state index contributed by atoms with van der Waals surface area (Å²) in [5, 5.41) is 3.35. The molecule has 0 aliphatic carbocycles. The first-order valence-corrected chi connectivity index (χ1v) is 5.84. The van der Waals surface area contributed by atoms with Crippen LogP contribution in [0.25, 0.3) is 0 Å². The molecule has 4 heteroatoms. The van der Waals surface area contributed by atoms with Crippen molar-refractivity contribution in [3.63, 3.8) is 0 Å². The summed E-state index contributed by atoms with van der Waals surface area (Å²) >= 11 is 5.46. The molecule has 1 atom stereocenters. The van der Waals surface area contributed by atoms with E-state index in [2.05, 4.69) is 24.2 Å². The van der Waals surface area contributed by atoms with Crippen molar-refractivity contribution in [3.05, 3.63) is 53.9 Å². The van der Waals surface area contributed by atoms with Gasteiger partial charge in [0.15, 0.2) is 0 Å². The summed E-state index contributed by atoms with van der Waals surface area (Å²) in [7, 11) is 0. The van der Waals surface area contributed by atoms with Gasteiger partial charge in [-0.05, 0) is 29.7 Å². The van der Waals surface area contributed by atoms with Gasteiger partial charge in [0.2, 0.25) is 0 Å². The Morgan fingerprint density at radius 2 is 2.06 bits per heavy atom. The average molecular weight is 249 g/mol. The second-order valence-corrected chi connectivity index (χ2v) is 4.33. The van der Waals surface area contributed by atoms with Gasteiger partial charge in [-0.2, -0.15) is 9.78 Å². The Morgan fingerprint density at radius 3 is 2.71 bits per heavy atom. The molecule has 1 aromatic heterocycles. The van der Waals surface area contributed by atoms with Crippen LogP contribution in [0.4, 0.5) is 4.79 Å². The van der Waals surface area contributed by atoms with Crippen molar-refractivity contribution in [2.45, 2.75) is 19.3 Å². The van der Waals surface area contributed by atoms with Crippen molar-refractivity contribution in [1.29, 1.82) is 0 Å². The fourth-order valence-corrected chi connectivity index (χ4v) is 2.05. The summed E-state index contributed by atoms with van der Waals surface area (Å²) in [4.78, 5) is 11.2. The highest BCUT2D eigenvalue weighted by Gasteiger charge is 2.15. The topological polar surface area (TPSA) is 34.9 Å². The molecular weight excluding hydrogens is 236 g/mol. The van der Waals surface area contributed by atoms with E-state index in [-0.39, 0.29) is 5.92 Å². The van der Waals surface area contributed by atoms with Crippen molar-refractivity contribution >= 4 is 17.0 Å². The largest absolute Gasteiger partial charge is 0.341 e. The van der Waals surface area contributed by atoms with E-state index in [0.717, 1.165) is 12.1 Å². The summed E-state index contributed by atoms with van der Waals surface area (Å²) in [5.41, 5.74) is 2.07. The number of rotatable bonds is 3. The van der Waals surface area contributed by atoms with Crippen LogP contribution in [-0.2, 0) is 6.42 Å². The Balaban J connectivity index is 2.17. The van der Waals surface area contributed by atoms with E-state index < -0.39 is 5.37 Å². The van der Waals surface area contributed by atoms with E-state index in [4.69, 9.17) is 11.6 Å². The maximum atomic E-state index is 11.2. The first kappa shape index (κ1) is 11.9. The van der Waals surface area contributed by atoms with Gasteiger partial charge < -0.3 is 0 Å². The molecule has 2 rings (SSSR count). The van der Waals surface area contributed by atoms with Crippen LogP contribution in [-0.4, -0.2) is 15.1 Å². The highest BCUT2D eigenvalue weighted by molar-refractivity contribution is 6.63. The normalized spacial score (nSPS) is 12.4. The minimum Gasteiger partial charge on any atom is -0.253 e. The fraction of sp³-hybridized carbons (Fsp3) is 0.231. The van der Waals surface area contributed by atoms with Gasteiger partial charge in [0.25, 0.3) is 0 Å². The fourth-order valence-electron chi connectivity index (χ4n) is 1.91. The maximum Gasteiger partial charge on any atom is 0.341 e. The quantitative estimate of drug-likeness (QED) is 0.780. The monoisotopic (exact) mass is 248 g/mol. The lowest BCUT2D eigenvalue weighted by molar-refractivity contribution is 0.257. The zero-order valence-corrected chi connectivity index (χ0v) is 10.3. The molecular formula is C13H13ClN2O. The standard InChI is InChI=1S/C13H13ClN2O/c1-10(9-11-5-3-2-4-6-11)12-7-8-15-16(12)13(14)17/h2-8,10H,9H2,1H3. The predicted molar refractivity (Wildman–Crippen MR) is 67.4 cm³/mol. The third kappa shape index (κ3) is 2.74. The number of carbonyl (C=O) groups is 1. The molecule has 0 fully saturated rings. The van der Waals surface area contributed by atoms with Crippen molar-refractivity contribution in [3.8, 4) is 0 Å². The lowest BCUT2D eigenvalue weighted by Crippen LogP contribution is -2.12. The SMILES string of the molecule is CC(Cc1ccccc1)c1ccnn1C(=O)Cl. The third-order valence-electron chi connectivity index (χ3n) is 2.73. The zero-order chi connectivity index (χ0) is 12.3. The van der Waals surface area contributed by atoms with Gasteiger partial charge in [0.05, 0.1) is 5.69 Å². The molecule has 3 nitrogen and oxygen atoms in total. The summed E-state index contributed by atoms with van der Waals surface area (Å²) in [5.74, 6) is 0.197. The van der Waals surface area contributed by atoms with Crippen LogP contribution in [0.15, 0.2) is 42.6 Å². The van der Waals surface area contributed by atoms with E-state index >= 15 is 0 Å². The molecule has 0 amide bonds. The molecule has 17 heavy (non-hydrogen) atoms. The third-order valence-corrected chi connectivity index (χ3v) is 2.89. The van der Waals surface area contributed by atoms with Gasteiger partial charge in [-0.1, -0.05) is 37.3 Å². The number of carbonyl (C=O) groups excluding carboxylic acids is 1. The Kier molecular flexibility index (Phi) is 3.59. The molecule has 0 saturated heterocycles. The molecule has 0 radical (unpaired) electrons. The number of halogens is 1. The number of benzene rings is 1. The summed E-state index contributed by atoms with van der Waals surface area (Å²) < 4.78 is 1.25. The molecule has 1 heterocycles. The Morgan fingerprint density at radius 1 is 1.35 bits per heavy atom. The van der Waals surface area contributed by atoms with Gasteiger partial charge in [-0.3, -0.25) is 4.79 Å². The van der Waals surface area contributed by atoms with Crippen LogP contribution in [0.5, 0.6) is 0 Å². The van der Waals surface area contributed by atoms with E-state index in [1.165, 1.54) is 10.2 Å². The van der Waals surface area contributed by atoms with E-state index in [9.17, 15) is 4.79 Å². The van der Waals surface area contributed by atoms with Gasteiger partial charge in [-0.25, -0.2) is 0 Å². The van der Waals surface area contributed by atoms with Gasteiger partial charge >= 0.3 is 5.37 Å². The van der Waals surface area contributed by atoms with Crippen molar-refractivity contribution in [2.24, 2.45) is 0 Å².